The minimum absolute atomic E-state index is 0.809. The first-order valence-electron chi connectivity index (χ1n) is 11.7. The maximum Gasteiger partial charge on any atom is 0.174 e. The summed E-state index contributed by atoms with van der Waals surface area (Å²) in [6.07, 6.45) is 2.39. The van der Waals surface area contributed by atoms with Crippen LogP contribution in [0, 0.1) is 6.92 Å². The van der Waals surface area contributed by atoms with E-state index in [1.54, 1.807) is 11.3 Å². The van der Waals surface area contributed by atoms with Crippen LogP contribution in [0.25, 0.3) is 32.9 Å². The summed E-state index contributed by atoms with van der Waals surface area (Å²) in [6, 6.07) is 24.9. The zero-order valence-electron chi connectivity index (χ0n) is 19.0. The first-order chi connectivity index (χ1) is 16.7. The Hall–Kier alpha value is -3.77. The Morgan fingerprint density at radius 2 is 1.50 bits per heavy atom. The van der Waals surface area contributed by atoms with Crippen LogP contribution >= 0.6 is 11.3 Å². The van der Waals surface area contributed by atoms with Gasteiger partial charge in [-0.2, -0.15) is 0 Å². The number of thiazole rings is 1. The quantitative estimate of drug-likeness (QED) is 0.302. The van der Waals surface area contributed by atoms with Crippen molar-refractivity contribution in [3.8, 4) is 21.8 Å². The lowest BCUT2D eigenvalue weighted by Crippen LogP contribution is -2.21. The Labute approximate surface area is 203 Å². The van der Waals surface area contributed by atoms with Crippen molar-refractivity contribution < 1.29 is 0 Å². The molecule has 1 N–H and O–H groups in total. The highest BCUT2D eigenvalue weighted by molar-refractivity contribution is 7.13. The summed E-state index contributed by atoms with van der Waals surface area (Å²) >= 11 is 1.69. The lowest BCUT2D eigenvalue weighted by molar-refractivity contribution is 0.939. The van der Waals surface area contributed by atoms with E-state index < -0.39 is 0 Å². The lowest BCUT2D eigenvalue weighted by atomic mass is 10.1. The zero-order chi connectivity index (χ0) is 22.9. The zero-order valence-corrected chi connectivity index (χ0v) is 19.8. The topological polar surface area (TPSA) is 53.9 Å². The van der Waals surface area contributed by atoms with Gasteiger partial charge in [-0.15, -0.1) is 11.3 Å². The van der Waals surface area contributed by atoms with Gasteiger partial charge < -0.3 is 10.2 Å². The smallest absolute Gasteiger partial charge is 0.174 e. The highest BCUT2D eigenvalue weighted by Gasteiger charge is 2.19. The van der Waals surface area contributed by atoms with Gasteiger partial charge in [0.25, 0.3) is 0 Å². The third-order valence-corrected chi connectivity index (χ3v) is 7.16. The van der Waals surface area contributed by atoms with Gasteiger partial charge in [0.15, 0.2) is 11.6 Å². The molecular formula is C28H25N5S. The van der Waals surface area contributed by atoms with Crippen LogP contribution in [0.2, 0.25) is 0 Å². The highest BCUT2D eigenvalue weighted by Crippen LogP contribution is 2.33. The number of hydrogen-bond donors (Lipinski definition) is 1. The summed E-state index contributed by atoms with van der Waals surface area (Å²) in [5.74, 6) is 1.74. The second-order valence-electron chi connectivity index (χ2n) is 8.63. The summed E-state index contributed by atoms with van der Waals surface area (Å²) in [5, 5.41) is 6.71. The number of aryl methyl sites for hydroxylation is 1. The van der Waals surface area contributed by atoms with Gasteiger partial charge in [0.1, 0.15) is 5.01 Å². The average molecular weight is 464 g/mol. The van der Waals surface area contributed by atoms with E-state index in [0.29, 0.717) is 0 Å². The van der Waals surface area contributed by atoms with Crippen molar-refractivity contribution in [3.05, 3.63) is 83.7 Å². The normalized spacial score (nSPS) is 13.5. The molecule has 1 fully saturated rings. The molecule has 2 aromatic heterocycles. The molecule has 0 aliphatic carbocycles. The number of benzene rings is 3. The van der Waals surface area contributed by atoms with Crippen LogP contribution in [0.15, 0.2) is 78.2 Å². The molecule has 3 aromatic carbocycles. The first-order valence-corrected chi connectivity index (χ1v) is 12.5. The van der Waals surface area contributed by atoms with E-state index in [0.717, 1.165) is 57.7 Å². The largest absolute Gasteiger partial charge is 0.354 e. The van der Waals surface area contributed by atoms with Crippen molar-refractivity contribution in [2.45, 2.75) is 19.8 Å². The van der Waals surface area contributed by atoms with Crippen LogP contribution in [0.1, 0.15) is 18.4 Å². The van der Waals surface area contributed by atoms with Gasteiger partial charge in [0.2, 0.25) is 0 Å². The van der Waals surface area contributed by atoms with E-state index >= 15 is 0 Å². The standard InChI is InChI=1S/C28H25N5S/c1-19-8-2-3-9-22(19)28-32-25(18-34-28)20-12-14-21(15-13-20)29-26-27(33-16-6-7-17-33)31-24-11-5-4-10-23(24)30-26/h2-5,8-15,18H,6-7,16-17H2,1H3,(H,29,30). The van der Waals surface area contributed by atoms with E-state index in [1.807, 2.05) is 24.3 Å². The van der Waals surface area contributed by atoms with Gasteiger partial charge in [-0.1, -0.05) is 48.5 Å². The third kappa shape index (κ3) is 4.01. The number of hydrogen-bond acceptors (Lipinski definition) is 6. The van der Waals surface area contributed by atoms with Gasteiger partial charge in [-0.05, 0) is 49.6 Å². The van der Waals surface area contributed by atoms with Gasteiger partial charge in [0, 0.05) is 35.3 Å². The Morgan fingerprint density at radius 1 is 0.794 bits per heavy atom. The predicted octanol–water partition coefficient (Wildman–Crippen LogP) is 7.07. The molecular weight excluding hydrogens is 438 g/mol. The number of fused-ring (bicyclic) bond motifs is 1. The van der Waals surface area contributed by atoms with Crippen LogP contribution in [0.3, 0.4) is 0 Å². The Kier molecular flexibility index (Phi) is 5.43. The molecule has 5 aromatic rings. The maximum atomic E-state index is 4.95. The van der Waals surface area contributed by atoms with Crippen LogP contribution in [0.4, 0.5) is 17.3 Å². The van der Waals surface area contributed by atoms with Crippen molar-refractivity contribution in [2.24, 2.45) is 0 Å². The van der Waals surface area contributed by atoms with Gasteiger partial charge in [-0.25, -0.2) is 15.0 Å². The van der Waals surface area contributed by atoms with E-state index in [9.17, 15) is 0 Å². The summed E-state index contributed by atoms with van der Waals surface area (Å²) in [4.78, 5) is 17.1. The number of para-hydroxylation sites is 2. The first kappa shape index (κ1) is 20.8. The summed E-state index contributed by atoms with van der Waals surface area (Å²) < 4.78 is 0. The molecule has 0 bridgehead atoms. The molecule has 168 valence electrons. The fraction of sp³-hybridized carbons (Fsp3) is 0.179. The number of nitrogens with one attached hydrogen (secondary N) is 1. The fourth-order valence-corrected chi connectivity index (χ4v) is 5.35. The minimum Gasteiger partial charge on any atom is -0.354 e. The van der Waals surface area contributed by atoms with Crippen molar-refractivity contribution in [1.29, 1.82) is 0 Å². The molecule has 0 amide bonds. The summed E-state index contributed by atoms with van der Waals surface area (Å²) in [6.45, 7) is 4.17. The monoisotopic (exact) mass is 463 g/mol. The molecule has 1 aliphatic heterocycles. The molecule has 0 atom stereocenters. The number of rotatable bonds is 5. The summed E-state index contributed by atoms with van der Waals surface area (Å²) in [7, 11) is 0. The molecule has 0 radical (unpaired) electrons. The van der Waals surface area contributed by atoms with Gasteiger partial charge >= 0.3 is 0 Å². The van der Waals surface area contributed by atoms with Gasteiger partial charge in [-0.3, -0.25) is 0 Å². The average Bonchev–Trinajstić information content (AvgIpc) is 3.57. The number of anilines is 3. The number of nitrogens with zero attached hydrogens (tertiary/aromatic N) is 4. The predicted molar refractivity (Wildman–Crippen MR) is 142 cm³/mol. The molecule has 3 heterocycles. The van der Waals surface area contributed by atoms with E-state index in [2.05, 4.69) is 71.1 Å². The molecule has 0 spiro atoms. The Balaban J connectivity index is 1.28. The van der Waals surface area contributed by atoms with Crippen molar-refractivity contribution in [3.63, 3.8) is 0 Å². The molecule has 5 nitrogen and oxygen atoms in total. The molecule has 1 saturated heterocycles. The lowest BCUT2D eigenvalue weighted by Gasteiger charge is -2.20. The third-order valence-electron chi connectivity index (χ3n) is 6.28. The Bertz CT molecular complexity index is 1450. The maximum absolute atomic E-state index is 4.95. The molecule has 6 heteroatoms. The molecule has 6 rings (SSSR count). The summed E-state index contributed by atoms with van der Waals surface area (Å²) in [5.41, 5.74) is 7.36. The van der Waals surface area contributed by atoms with Gasteiger partial charge in [0.05, 0.1) is 16.7 Å². The van der Waals surface area contributed by atoms with Crippen LogP contribution in [0.5, 0.6) is 0 Å². The number of aromatic nitrogens is 3. The molecule has 34 heavy (non-hydrogen) atoms. The van der Waals surface area contributed by atoms with Crippen LogP contribution in [-0.2, 0) is 0 Å². The van der Waals surface area contributed by atoms with Crippen molar-refractivity contribution in [2.75, 3.05) is 23.3 Å². The van der Waals surface area contributed by atoms with E-state index in [-0.39, 0.29) is 0 Å². The molecule has 0 saturated carbocycles. The van der Waals surface area contributed by atoms with Crippen LogP contribution < -0.4 is 10.2 Å². The fourth-order valence-electron chi connectivity index (χ4n) is 4.43. The van der Waals surface area contributed by atoms with E-state index in [4.69, 9.17) is 15.0 Å². The minimum atomic E-state index is 0.809. The molecule has 0 unspecified atom stereocenters. The second-order valence-corrected chi connectivity index (χ2v) is 9.49. The second kappa shape index (κ2) is 8.88. The SMILES string of the molecule is Cc1ccccc1-c1nc(-c2ccc(Nc3nc4ccccc4nc3N3CCCC3)cc2)cs1. The van der Waals surface area contributed by atoms with Crippen LogP contribution in [-0.4, -0.2) is 28.0 Å². The van der Waals surface area contributed by atoms with Crippen molar-refractivity contribution in [1.82, 2.24) is 15.0 Å². The van der Waals surface area contributed by atoms with E-state index in [1.165, 1.54) is 24.0 Å². The molecule has 1 aliphatic rings. The van der Waals surface area contributed by atoms with Crippen molar-refractivity contribution >= 4 is 39.7 Å². The highest BCUT2D eigenvalue weighted by atomic mass is 32.1. The Morgan fingerprint density at radius 3 is 2.26 bits per heavy atom.